The van der Waals surface area contributed by atoms with E-state index in [0.29, 0.717) is 16.6 Å². The number of amides is 1. The van der Waals surface area contributed by atoms with Gasteiger partial charge in [0.25, 0.3) is 0 Å². The minimum atomic E-state index is -0.0684. The monoisotopic (exact) mass is 380 g/mol. The summed E-state index contributed by atoms with van der Waals surface area (Å²) in [6.45, 7) is 2.04. The molecule has 0 spiro atoms. The quantitative estimate of drug-likeness (QED) is 0.458. The summed E-state index contributed by atoms with van der Waals surface area (Å²) in [5, 5.41) is 6.36. The van der Waals surface area contributed by atoms with Gasteiger partial charge in [-0.15, -0.1) is 23.1 Å². The summed E-state index contributed by atoms with van der Waals surface area (Å²) < 4.78 is 5.81. The van der Waals surface area contributed by atoms with Gasteiger partial charge in [-0.05, 0) is 31.2 Å². The smallest absolute Gasteiger partial charge is 0.236 e. The number of benzene rings is 2. The van der Waals surface area contributed by atoms with E-state index in [2.05, 4.69) is 10.3 Å². The van der Waals surface area contributed by atoms with Crippen LogP contribution in [-0.2, 0) is 4.79 Å². The van der Waals surface area contributed by atoms with Gasteiger partial charge in [0.05, 0.1) is 5.75 Å². The van der Waals surface area contributed by atoms with E-state index < -0.39 is 0 Å². The van der Waals surface area contributed by atoms with E-state index in [1.807, 2.05) is 66.9 Å². The standard InChI is InChI=1S/C20H16N2O2S2/c1-13-6-8-15(9-7-13)25-12-19(23)22-20-21-16(11-26-20)18-10-14-4-2-3-5-17(14)24-18/h2-11H,12H2,1H3,(H,21,22,23). The van der Waals surface area contributed by atoms with Crippen molar-refractivity contribution in [1.29, 1.82) is 0 Å². The third kappa shape index (κ3) is 3.81. The fraction of sp³-hybridized carbons (Fsp3) is 0.100. The lowest BCUT2D eigenvalue weighted by Crippen LogP contribution is -2.13. The Bertz CT molecular complexity index is 1020. The van der Waals surface area contributed by atoms with Gasteiger partial charge in [0.15, 0.2) is 10.9 Å². The minimum absolute atomic E-state index is 0.0684. The summed E-state index contributed by atoms with van der Waals surface area (Å²) in [6, 6.07) is 17.9. The van der Waals surface area contributed by atoms with Gasteiger partial charge in [0.1, 0.15) is 11.3 Å². The molecule has 130 valence electrons. The highest BCUT2D eigenvalue weighted by Crippen LogP contribution is 2.30. The number of fused-ring (bicyclic) bond motifs is 1. The van der Waals surface area contributed by atoms with Crippen LogP contribution in [0.5, 0.6) is 0 Å². The number of furan rings is 1. The second-order valence-corrected chi connectivity index (χ2v) is 7.74. The number of para-hydroxylation sites is 1. The Morgan fingerprint density at radius 1 is 1.19 bits per heavy atom. The summed E-state index contributed by atoms with van der Waals surface area (Å²) in [4.78, 5) is 17.7. The number of anilines is 1. The van der Waals surface area contributed by atoms with Crippen molar-refractivity contribution in [2.75, 3.05) is 11.1 Å². The second-order valence-electron chi connectivity index (χ2n) is 5.84. The molecule has 4 nitrogen and oxygen atoms in total. The maximum Gasteiger partial charge on any atom is 0.236 e. The van der Waals surface area contributed by atoms with E-state index in [9.17, 15) is 4.79 Å². The third-order valence-corrected chi connectivity index (χ3v) is 5.59. The summed E-state index contributed by atoms with van der Waals surface area (Å²) in [5.41, 5.74) is 2.77. The number of thiazole rings is 1. The minimum Gasteiger partial charge on any atom is -0.454 e. The number of aryl methyl sites for hydroxylation is 1. The lowest BCUT2D eigenvalue weighted by atomic mass is 10.2. The predicted molar refractivity (Wildman–Crippen MR) is 108 cm³/mol. The van der Waals surface area contributed by atoms with Crippen LogP contribution in [0.1, 0.15) is 5.56 Å². The van der Waals surface area contributed by atoms with Crippen LogP contribution in [0.25, 0.3) is 22.4 Å². The molecule has 2 heterocycles. The van der Waals surface area contributed by atoms with Crippen molar-refractivity contribution < 1.29 is 9.21 Å². The first-order chi connectivity index (χ1) is 12.7. The number of aromatic nitrogens is 1. The van der Waals surface area contributed by atoms with Gasteiger partial charge in [0.2, 0.25) is 5.91 Å². The van der Waals surface area contributed by atoms with Gasteiger partial charge in [0, 0.05) is 15.7 Å². The molecule has 0 saturated carbocycles. The lowest BCUT2D eigenvalue weighted by molar-refractivity contribution is -0.113. The molecule has 0 radical (unpaired) electrons. The Morgan fingerprint density at radius 3 is 2.81 bits per heavy atom. The van der Waals surface area contributed by atoms with Gasteiger partial charge in [-0.3, -0.25) is 4.79 Å². The van der Waals surface area contributed by atoms with Crippen molar-refractivity contribution in [2.24, 2.45) is 0 Å². The van der Waals surface area contributed by atoms with Crippen LogP contribution in [0.4, 0.5) is 5.13 Å². The average molecular weight is 380 g/mol. The van der Waals surface area contributed by atoms with Crippen molar-refractivity contribution in [2.45, 2.75) is 11.8 Å². The molecular formula is C20H16N2O2S2. The highest BCUT2D eigenvalue weighted by molar-refractivity contribution is 8.00. The molecular weight excluding hydrogens is 364 g/mol. The lowest BCUT2D eigenvalue weighted by Gasteiger charge is -2.02. The van der Waals surface area contributed by atoms with Crippen LogP contribution in [0.2, 0.25) is 0 Å². The molecule has 1 amide bonds. The predicted octanol–water partition coefficient (Wildman–Crippen LogP) is 5.60. The highest BCUT2D eigenvalue weighted by atomic mass is 32.2. The van der Waals surface area contributed by atoms with Gasteiger partial charge >= 0.3 is 0 Å². The first-order valence-corrected chi connectivity index (χ1v) is 9.98. The first kappa shape index (κ1) is 16.9. The van der Waals surface area contributed by atoms with Crippen molar-refractivity contribution in [1.82, 2.24) is 4.98 Å². The van der Waals surface area contributed by atoms with Crippen molar-refractivity contribution in [3.8, 4) is 11.5 Å². The number of hydrogen-bond donors (Lipinski definition) is 1. The van der Waals surface area contributed by atoms with Crippen LogP contribution >= 0.6 is 23.1 Å². The van der Waals surface area contributed by atoms with Crippen LogP contribution in [0.15, 0.2) is 69.3 Å². The maximum absolute atomic E-state index is 12.2. The van der Waals surface area contributed by atoms with E-state index in [-0.39, 0.29) is 5.91 Å². The van der Waals surface area contributed by atoms with Crippen LogP contribution in [0.3, 0.4) is 0 Å². The fourth-order valence-electron chi connectivity index (χ4n) is 2.49. The number of carbonyl (C=O) groups excluding carboxylic acids is 1. The van der Waals surface area contributed by atoms with Crippen molar-refractivity contribution in [3.63, 3.8) is 0 Å². The molecule has 0 bridgehead atoms. The SMILES string of the molecule is Cc1ccc(SCC(=O)Nc2nc(-c3cc4ccccc4o3)cs2)cc1. The van der Waals surface area contributed by atoms with E-state index in [4.69, 9.17) is 4.42 Å². The van der Waals surface area contributed by atoms with E-state index in [1.54, 1.807) is 0 Å². The molecule has 0 aliphatic heterocycles. The Morgan fingerprint density at radius 2 is 2.00 bits per heavy atom. The molecule has 0 unspecified atom stereocenters. The Balaban J connectivity index is 1.39. The Kier molecular flexibility index (Phi) is 4.77. The molecule has 0 aliphatic rings. The number of carbonyl (C=O) groups is 1. The number of rotatable bonds is 5. The van der Waals surface area contributed by atoms with Gasteiger partial charge in [-0.2, -0.15) is 0 Å². The average Bonchev–Trinajstić information content (AvgIpc) is 3.27. The molecule has 0 saturated heterocycles. The summed E-state index contributed by atoms with van der Waals surface area (Å²) >= 11 is 2.90. The zero-order chi connectivity index (χ0) is 17.9. The molecule has 2 aromatic heterocycles. The first-order valence-electron chi connectivity index (χ1n) is 8.11. The Labute approximate surface area is 159 Å². The fourth-order valence-corrected chi connectivity index (χ4v) is 3.91. The highest BCUT2D eigenvalue weighted by Gasteiger charge is 2.12. The zero-order valence-corrected chi connectivity index (χ0v) is 15.7. The molecule has 0 fully saturated rings. The second kappa shape index (κ2) is 7.35. The molecule has 4 rings (SSSR count). The summed E-state index contributed by atoms with van der Waals surface area (Å²) in [6.07, 6.45) is 0. The summed E-state index contributed by atoms with van der Waals surface area (Å²) in [7, 11) is 0. The third-order valence-electron chi connectivity index (χ3n) is 3.82. The largest absolute Gasteiger partial charge is 0.454 e. The summed E-state index contributed by atoms with van der Waals surface area (Å²) in [5.74, 6) is 0.987. The number of nitrogens with one attached hydrogen (secondary N) is 1. The van der Waals surface area contributed by atoms with Crippen molar-refractivity contribution >= 4 is 45.1 Å². The molecule has 0 atom stereocenters. The van der Waals surface area contributed by atoms with Gasteiger partial charge < -0.3 is 9.73 Å². The number of thioether (sulfide) groups is 1. The van der Waals surface area contributed by atoms with Gasteiger partial charge in [-0.1, -0.05) is 35.9 Å². The molecule has 6 heteroatoms. The maximum atomic E-state index is 12.2. The van der Waals surface area contributed by atoms with E-state index in [1.165, 1.54) is 28.7 Å². The van der Waals surface area contributed by atoms with E-state index in [0.717, 1.165) is 21.6 Å². The Hall–Kier alpha value is -2.57. The van der Waals surface area contributed by atoms with Crippen molar-refractivity contribution in [3.05, 3.63) is 65.5 Å². The molecule has 4 aromatic rings. The van der Waals surface area contributed by atoms with E-state index >= 15 is 0 Å². The van der Waals surface area contributed by atoms with Crippen LogP contribution < -0.4 is 5.32 Å². The molecule has 2 aromatic carbocycles. The van der Waals surface area contributed by atoms with Crippen LogP contribution in [0, 0.1) is 6.92 Å². The van der Waals surface area contributed by atoms with Gasteiger partial charge in [-0.25, -0.2) is 4.98 Å². The number of hydrogen-bond acceptors (Lipinski definition) is 5. The number of nitrogens with zero attached hydrogens (tertiary/aromatic N) is 1. The topological polar surface area (TPSA) is 55.1 Å². The molecule has 26 heavy (non-hydrogen) atoms. The molecule has 1 N–H and O–H groups in total. The zero-order valence-electron chi connectivity index (χ0n) is 14.1. The molecule has 0 aliphatic carbocycles. The normalized spacial score (nSPS) is 11.0. The van der Waals surface area contributed by atoms with Crippen LogP contribution in [-0.4, -0.2) is 16.6 Å².